The van der Waals surface area contributed by atoms with E-state index in [1.54, 1.807) is 48.5 Å². The molecule has 0 aromatic heterocycles. The molecule has 0 aliphatic carbocycles. The van der Waals surface area contributed by atoms with Gasteiger partial charge in [0, 0.05) is 9.99 Å². The lowest BCUT2D eigenvalue weighted by Gasteiger charge is -2.22. The Morgan fingerprint density at radius 2 is 1.45 bits per heavy atom. The number of ether oxygens (including phenoxy) is 5. The third-order valence-corrected chi connectivity index (χ3v) is 4.55. The van der Waals surface area contributed by atoms with E-state index in [0.717, 1.165) is 0 Å². The van der Waals surface area contributed by atoms with Gasteiger partial charge in [-0.15, -0.1) is 0 Å². The molecule has 0 aliphatic rings. The first kappa shape index (κ1) is 28.5. The second-order valence-electron chi connectivity index (χ2n) is 8.82. The van der Waals surface area contributed by atoms with E-state index in [1.807, 2.05) is 22.6 Å². The summed E-state index contributed by atoms with van der Waals surface area (Å²) in [5.41, 5.74) is -1.10. The molecule has 1 aromatic rings. The number of benzene rings is 1. The van der Waals surface area contributed by atoms with Gasteiger partial charge in [0.2, 0.25) is 6.41 Å². The van der Waals surface area contributed by atoms with E-state index in [4.69, 9.17) is 23.7 Å². The molecule has 11 heteroatoms. The molecule has 33 heavy (non-hydrogen) atoms. The largest absolute Gasteiger partial charge is 0.514 e. The van der Waals surface area contributed by atoms with Crippen molar-refractivity contribution in [3.8, 4) is 11.5 Å². The molecule has 0 saturated heterocycles. The van der Waals surface area contributed by atoms with Crippen molar-refractivity contribution < 1.29 is 42.9 Å². The first-order valence-electron chi connectivity index (χ1n) is 10.2. The predicted octanol–water partition coefficient (Wildman–Crippen LogP) is 4.14. The fourth-order valence-corrected chi connectivity index (χ4v) is 3.03. The van der Waals surface area contributed by atoms with Crippen molar-refractivity contribution >= 4 is 47.3 Å². The minimum Gasteiger partial charge on any atom is -0.464 e. The highest BCUT2D eigenvalue weighted by Gasteiger charge is 2.26. The Bertz CT molecular complexity index is 872. The molecule has 0 radical (unpaired) electrons. The second-order valence-corrected chi connectivity index (χ2v) is 9.98. The monoisotopic (exact) mass is 579 g/mol. The number of carbonyl (C=O) groups is 4. The fraction of sp³-hybridized carbons (Fsp3) is 0.545. The highest BCUT2D eigenvalue weighted by molar-refractivity contribution is 14.1. The highest BCUT2D eigenvalue weighted by atomic mass is 127. The van der Waals surface area contributed by atoms with Gasteiger partial charge >= 0.3 is 18.3 Å². The maximum Gasteiger partial charge on any atom is 0.514 e. The summed E-state index contributed by atoms with van der Waals surface area (Å²) < 4.78 is 26.5. The van der Waals surface area contributed by atoms with Crippen LogP contribution in [0.3, 0.4) is 0 Å². The van der Waals surface area contributed by atoms with Crippen LogP contribution in [0.1, 0.15) is 54.0 Å². The predicted molar refractivity (Wildman–Crippen MR) is 126 cm³/mol. The van der Waals surface area contributed by atoms with Gasteiger partial charge in [-0.3, -0.25) is 4.79 Å². The maximum absolute atomic E-state index is 12.3. The third kappa shape index (κ3) is 10.7. The van der Waals surface area contributed by atoms with E-state index >= 15 is 0 Å². The summed E-state index contributed by atoms with van der Waals surface area (Å²) in [6.45, 7) is 11.8. The molecule has 1 amide bonds. The van der Waals surface area contributed by atoms with Gasteiger partial charge in [-0.05, 0) is 88.8 Å². The minimum absolute atomic E-state index is 0.0350. The highest BCUT2D eigenvalue weighted by Crippen LogP contribution is 2.34. The van der Waals surface area contributed by atoms with Crippen LogP contribution in [-0.2, 0) is 30.2 Å². The van der Waals surface area contributed by atoms with Crippen molar-refractivity contribution in [1.29, 1.82) is 0 Å². The Morgan fingerprint density at radius 3 is 1.88 bits per heavy atom. The van der Waals surface area contributed by atoms with E-state index in [1.165, 1.54) is 12.1 Å². The van der Waals surface area contributed by atoms with Crippen LogP contribution in [0.15, 0.2) is 12.1 Å². The summed E-state index contributed by atoms with van der Waals surface area (Å²) in [6.07, 6.45) is -1.58. The van der Waals surface area contributed by atoms with Crippen molar-refractivity contribution in [2.24, 2.45) is 0 Å². The molecule has 0 spiro atoms. The summed E-state index contributed by atoms with van der Waals surface area (Å²) in [6, 6.07) is 1.90. The second kappa shape index (κ2) is 12.1. The van der Waals surface area contributed by atoms with Crippen LogP contribution in [0.4, 0.5) is 9.59 Å². The summed E-state index contributed by atoms with van der Waals surface area (Å²) >= 11 is 1.97. The molecular weight excluding hydrogens is 549 g/mol. The molecule has 0 bridgehead atoms. The van der Waals surface area contributed by atoms with Gasteiger partial charge in [0.1, 0.15) is 17.2 Å². The van der Waals surface area contributed by atoms with Gasteiger partial charge in [-0.2, -0.15) is 0 Å². The van der Waals surface area contributed by atoms with Crippen molar-refractivity contribution in [3.63, 3.8) is 0 Å². The van der Waals surface area contributed by atoms with Gasteiger partial charge in [-0.25, -0.2) is 14.4 Å². The average molecular weight is 579 g/mol. The van der Waals surface area contributed by atoms with Crippen LogP contribution >= 0.6 is 22.6 Å². The van der Waals surface area contributed by atoms with Crippen LogP contribution < -0.4 is 14.8 Å². The Labute approximate surface area is 206 Å². The first-order valence-corrected chi connectivity index (χ1v) is 11.2. The Balaban J connectivity index is 3.32. The molecule has 184 valence electrons. The van der Waals surface area contributed by atoms with Gasteiger partial charge in [0.15, 0.2) is 11.5 Å². The third-order valence-electron chi connectivity index (χ3n) is 3.54. The molecule has 0 aliphatic heterocycles. The van der Waals surface area contributed by atoms with Crippen LogP contribution in [0.2, 0.25) is 0 Å². The Kier molecular flexibility index (Phi) is 10.4. The topological polar surface area (TPSA) is 126 Å². The Morgan fingerprint density at radius 1 is 0.970 bits per heavy atom. The summed E-state index contributed by atoms with van der Waals surface area (Å²) in [7, 11) is 0. The zero-order valence-corrected chi connectivity index (χ0v) is 21.9. The molecule has 0 unspecified atom stereocenters. The lowest BCUT2D eigenvalue weighted by atomic mass is 10.1. The number of rotatable bonds is 8. The number of carbonyl (C=O) groups excluding carboxylic acids is 4. The fourth-order valence-electron chi connectivity index (χ4n) is 2.37. The molecule has 0 fully saturated rings. The summed E-state index contributed by atoms with van der Waals surface area (Å²) in [4.78, 5) is 47.6. The molecule has 1 atom stereocenters. The van der Waals surface area contributed by atoms with Crippen LogP contribution in [-0.4, -0.2) is 48.5 Å². The van der Waals surface area contributed by atoms with Crippen molar-refractivity contribution in [3.05, 3.63) is 21.3 Å². The number of esters is 1. The number of hydrogen-bond acceptors (Lipinski definition) is 9. The van der Waals surface area contributed by atoms with Crippen LogP contribution in [0.5, 0.6) is 11.5 Å². The molecule has 1 rings (SSSR count). The van der Waals surface area contributed by atoms with Crippen molar-refractivity contribution in [2.45, 2.75) is 72.1 Å². The van der Waals surface area contributed by atoms with Crippen molar-refractivity contribution in [1.82, 2.24) is 5.32 Å². The van der Waals surface area contributed by atoms with E-state index in [-0.39, 0.29) is 24.5 Å². The first-order chi connectivity index (χ1) is 15.1. The van der Waals surface area contributed by atoms with Crippen molar-refractivity contribution in [2.75, 3.05) is 6.61 Å². The Hall–Kier alpha value is -2.57. The molecule has 10 nitrogen and oxygen atoms in total. The quantitative estimate of drug-likeness (QED) is 0.159. The van der Waals surface area contributed by atoms with Crippen LogP contribution in [0.25, 0.3) is 0 Å². The number of hydrogen-bond donors (Lipinski definition) is 1. The van der Waals surface area contributed by atoms with Gasteiger partial charge in [0.05, 0.1) is 6.61 Å². The summed E-state index contributed by atoms with van der Waals surface area (Å²) in [5, 5.41) is 2.41. The van der Waals surface area contributed by atoms with Gasteiger partial charge in [0.25, 0.3) is 0 Å². The molecule has 0 heterocycles. The zero-order chi connectivity index (χ0) is 25.4. The SMILES string of the molecule is CCOC(=O)[C@H](Cc1cc(OC(=O)OC(C)(C)C)c(OC(=O)OC(C)(C)C)cc1I)NC=O. The summed E-state index contributed by atoms with van der Waals surface area (Å²) in [5.74, 6) is -0.831. The molecule has 1 aromatic carbocycles. The number of halogens is 1. The molecule has 1 N–H and O–H groups in total. The minimum atomic E-state index is -1.02. The average Bonchev–Trinajstić information content (AvgIpc) is 2.61. The lowest BCUT2D eigenvalue weighted by Crippen LogP contribution is -2.39. The zero-order valence-electron chi connectivity index (χ0n) is 19.8. The van der Waals surface area contributed by atoms with Gasteiger partial charge in [-0.1, -0.05) is 0 Å². The maximum atomic E-state index is 12.3. The lowest BCUT2D eigenvalue weighted by molar-refractivity contribution is -0.146. The van der Waals surface area contributed by atoms with E-state index < -0.39 is 35.5 Å². The standard InChI is InChI=1S/C22H30INO9/c1-8-29-18(26)15(24-12-25)9-13-10-16(30-19(27)32-21(2,3)4)17(11-14(13)23)31-20(28)33-22(5,6)7/h10-12,15H,8-9H2,1-7H3,(H,24,25)/t15-/m0/s1. The van der Waals surface area contributed by atoms with Crippen LogP contribution in [0, 0.1) is 3.57 Å². The number of amides is 1. The molecular formula is C22H30INO9. The van der Waals surface area contributed by atoms with E-state index in [0.29, 0.717) is 15.5 Å². The smallest absolute Gasteiger partial charge is 0.464 e. The van der Waals surface area contributed by atoms with E-state index in [2.05, 4.69) is 5.32 Å². The molecule has 0 saturated carbocycles. The normalized spacial score (nSPS) is 12.2. The van der Waals surface area contributed by atoms with Gasteiger partial charge < -0.3 is 29.0 Å². The number of nitrogens with one attached hydrogen (secondary N) is 1. The van der Waals surface area contributed by atoms with E-state index in [9.17, 15) is 19.2 Å².